The fraction of sp³-hybridized carbons (Fsp3) is 0.294. The van der Waals surface area contributed by atoms with Crippen molar-refractivity contribution in [2.75, 3.05) is 13.6 Å². The van der Waals surface area contributed by atoms with Crippen molar-refractivity contribution in [3.8, 4) is 0 Å². The fourth-order valence-corrected chi connectivity index (χ4v) is 2.90. The van der Waals surface area contributed by atoms with Crippen molar-refractivity contribution in [1.29, 1.82) is 0 Å². The Morgan fingerprint density at radius 3 is 2.32 bits per heavy atom. The molecule has 1 atom stereocenters. The number of halogens is 1. The number of hydrogen-bond donors (Lipinski definition) is 1. The van der Waals surface area contributed by atoms with Crippen LogP contribution in [-0.2, 0) is 12.8 Å². The van der Waals surface area contributed by atoms with Crippen LogP contribution in [0.4, 0.5) is 0 Å². The number of nitrogens with one attached hydrogen (secondary N) is 1. The standard InChI is InChI=1S/C17H20BrN/c1-19-13-16(10-14-6-3-2-4-7-14)11-15-8-5-9-17(18)12-15/h2-9,12,16,19H,10-11,13H2,1H3. The molecule has 1 N–H and O–H groups in total. The molecular weight excluding hydrogens is 298 g/mol. The third-order valence-electron chi connectivity index (χ3n) is 3.27. The van der Waals surface area contributed by atoms with Crippen LogP contribution in [0, 0.1) is 5.92 Å². The largest absolute Gasteiger partial charge is 0.319 e. The van der Waals surface area contributed by atoms with E-state index in [0.717, 1.165) is 23.9 Å². The van der Waals surface area contributed by atoms with Crippen LogP contribution in [-0.4, -0.2) is 13.6 Å². The third kappa shape index (κ3) is 4.81. The SMILES string of the molecule is CNCC(Cc1ccccc1)Cc1cccc(Br)c1. The van der Waals surface area contributed by atoms with Crippen LogP contribution in [0.25, 0.3) is 0 Å². The Kier molecular flexibility index (Phi) is 5.62. The molecule has 0 heterocycles. The van der Waals surface area contributed by atoms with Gasteiger partial charge in [-0.3, -0.25) is 0 Å². The molecule has 2 rings (SSSR count). The molecule has 1 unspecified atom stereocenters. The predicted octanol–water partition coefficient (Wildman–Crippen LogP) is 4.07. The Bertz CT molecular complexity index is 496. The van der Waals surface area contributed by atoms with E-state index in [1.165, 1.54) is 11.1 Å². The van der Waals surface area contributed by atoms with Crippen LogP contribution in [0.5, 0.6) is 0 Å². The van der Waals surface area contributed by atoms with Crippen LogP contribution in [0.1, 0.15) is 11.1 Å². The number of rotatable bonds is 6. The van der Waals surface area contributed by atoms with Crippen LogP contribution >= 0.6 is 15.9 Å². The van der Waals surface area contributed by atoms with Gasteiger partial charge in [0.1, 0.15) is 0 Å². The molecular formula is C17H20BrN. The highest BCUT2D eigenvalue weighted by atomic mass is 79.9. The number of hydrogen-bond acceptors (Lipinski definition) is 1. The average Bonchev–Trinajstić information content (AvgIpc) is 2.40. The topological polar surface area (TPSA) is 12.0 Å². The quantitative estimate of drug-likeness (QED) is 0.846. The van der Waals surface area contributed by atoms with Crippen molar-refractivity contribution >= 4 is 15.9 Å². The normalized spacial score (nSPS) is 12.3. The first-order valence-electron chi connectivity index (χ1n) is 6.71. The molecule has 0 aliphatic rings. The summed E-state index contributed by atoms with van der Waals surface area (Å²) in [4.78, 5) is 0. The van der Waals surface area contributed by atoms with Gasteiger partial charge < -0.3 is 5.32 Å². The van der Waals surface area contributed by atoms with E-state index in [-0.39, 0.29) is 0 Å². The lowest BCUT2D eigenvalue weighted by Crippen LogP contribution is -2.22. The minimum atomic E-state index is 0.627. The molecule has 0 aromatic heterocycles. The minimum Gasteiger partial charge on any atom is -0.319 e. The molecule has 0 aliphatic heterocycles. The average molecular weight is 318 g/mol. The lowest BCUT2D eigenvalue weighted by atomic mass is 9.92. The van der Waals surface area contributed by atoms with Gasteiger partial charge in [-0.15, -0.1) is 0 Å². The summed E-state index contributed by atoms with van der Waals surface area (Å²) >= 11 is 3.54. The zero-order chi connectivity index (χ0) is 13.5. The summed E-state index contributed by atoms with van der Waals surface area (Å²) in [5.74, 6) is 0.627. The van der Waals surface area contributed by atoms with Crippen LogP contribution < -0.4 is 5.32 Å². The molecule has 0 amide bonds. The van der Waals surface area contributed by atoms with E-state index >= 15 is 0 Å². The molecule has 19 heavy (non-hydrogen) atoms. The van der Waals surface area contributed by atoms with Gasteiger partial charge in [-0.25, -0.2) is 0 Å². The Labute approximate surface area is 124 Å². The van der Waals surface area contributed by atoms with Crippen molar-refractivity contribution in [3.05, 3.63) is 70.2 Å². The summed E-state index contributed by atoms with van der Waals surface area (Å²) in [6, 6.07) is 19.3. The van der Waals surface area contributed by atoms with E-state index in [0.29, 0.717) is 5.92 Å². The van der Waals surface area contributed by atoms with Crippen molar-refractivity contribution in [2.24, 2.45) is 5.92 Å². The maximum absolute atomic E-state index is 3.54. The van der Waals surface area contributed by atoms with Crippen LogP contribution in [0.2, 0.25) is 0 Å². The van der Waals surface area contributed by atoms with E-state index in [9.17, 15) is 0 Å². The van der Waals surface area contributed by atoms with Gasteiger partial charge in [0, 0.05) is 4.47 Å². The lowest BCUT2D eigenvalue weighted by Gasteiger charge is -2.17. The molecule has 0 bridgehead atoms. The van der Waals surface area contributed by atoms with Crippen molar-refractivity contribution in [2.45, 2.75) is 12.8 Å². The first-order valence-corrected chi connectivity index (χ1v) is 7.50. The Balaban J connectivity index is 2.04. The summed E-state index contributed by atoms with van der Waals surface area (Å²) in [6.45, 7) is 1.04. The summed E-state index contributed by atoms with van der Waals surface area (Å²) in [7, 11) is 2.03. The number of benzene rings is 2. The highest BCUT2D eigenvalue weighted by Gasteiger charge is 2.10. The van der Waals surface area contributed by atoms with Gasteiger partial charge >= 0.3 is 0 Å². The highest BCUT2D eigenvalue weighted by molar-refractivity contribution is 9.10. The van der Waals surface area contributed by atoms with Crippen molar-refractivity contribution < 1.29 is 0 Å². The summed E-state index contributed by atoms with van der Waals surface area (Å²) < 4.78 is 1.16. The molecule has 1 nitrogen and oxygen atoms in total. The first kappa shape index (κ1) is 14.3. The van der Waals surface area contributed by atoms with Gasteiger partial charge in [0.2, 0.25) is 0 Å². The zero-order valence-corrected chi connectivity index (χ0v) is 12.9. The van der Waals surface area contributed by atoms with Gasteiger partial charge in [-0.2, -0.15) is 0 Å². The first-order chi connectivity index (χ1) is 9.28. The van der Waals surface area contributed by atoms with Crippen LogP contribution in [0.15, 0.2) is 59.1 Å². The van der Waals surface area contributed by atoms with E-state index in [1.54, 1.807) is 0 Å². The molecule has 2 aromatic carbocycles. The van der Waals surface area contributed by atoms with Gasteiger partial charge in [-0.05, 0) is 55.6 Å². The monoisotopic (exact) mass is 317 g/mol. The maximum Gasteiger partial charge on any atom is 0.0177 e. The van der Waals surface area contributed by atoms with Crippen LogP contribution in [0.3, 0.4) is 0 Å². The third-order valence-corrected chi connectivity index (χ3v) is 3.77. The van der Waals surface area contributed by atoms with Gasteiger partial charge in [0.15, 0.2) is 0 Å². The Hall–Kier alpha value is -1.12. The highest BCUT2D eigenvalue weighted by Crippen LogP contribution is 2.17. The van der Waals surface area contributed by atoms with E-state index in [4.69, 9.17) is 0 Å². The molecule has 0 saturated heterocycles. The fourth-order valence-electron chi connectivity index (χ4n) is 2.45. The van der Waals surface area contributed by atoms with E-state index in [1.807, 2.05) is 7.05 Å². The molecule has 0 saturated carbocycles. The lowest BCUT2D eigenvalue weighted by molar-refractivity contribution is 0.493. The molecule has 0 aliphatic carbocycles. The van der Waals surface area contributed by atoms with Gasteiger partial charge in [0.25, 0.3) is 0 Å². The molecule has 0 fully saturated rings. The Morgan fingerprint density at radius 2 is 1.63 bits per heavy atom. The van der Waals surface area contributed by atoms with E-state index < -0.39 is 0 Å². The van der Waals surface area contributed by atoms with Gasteiger partial charge in [0.05, 0.1) is 0 Å². The van der Waals surface area contributed by atoms with Gasteiger partial charge in [-0.1, -0.05) is 58.4 Å². The zero-order valence-electron chi connectivity index (χ0n) is 11.3. The second kappa shape index (κ2) is 7.46. The molecule has 2 heteroatoms. The smallest absolute Gasteiger partial charge is 0.0177 e. The molecule has 0 radical (unpaired) electrons. The second-order valence-electron chi connectivity index (χ2n) is 4.95. The summed E-state index contributed by atoms with van der Waals surface area (Å²) in [5.41, 5.74) is 2.81. The summed E-state index contributed by atoms with van der Waals surface area (Å²) in [6.07, 6.45) is 2.23. The molecule has 100 valence electrons. The maximum atomic E-state index is 3.54. The minimum absolute atomic E-state index is 0.627. The molecule has 0 spiro atoms. The Morgan fingerprint density at radius 1 is 0.947 bits per heavy atom. The van der Waals surface area contributed by atoms with E-state index in [2.05, 4.69) is 75.8 Å². The predicted molar refractivity (Wildman–Crippen MR) is 85.4 cm³/mol. The summed E-state index contributed by atoms with van der Waals surface area (Å²) in [5, 5.41) is 3.31. The second-order valence-corrected chi connectivity index (χ2v) is 5.86. The molecule has 2 aromatic rings. The van der Waals surface area contributed by atoms with Crippen molar-refractivity contribution in [1.82, 2.24) is 5.32 Å². The van der Waals surface area contributed by atoms with Crippen molar-refractivity contribution in [3.63, 3.8) is 0 Å².